The predicted molar refractivity (Wildman–Crippen MR) is 119 cm³/mol. The van der Waals surface area contributed by atoms with E-state index in [9.17, 15) is 0 Å². The van der Waals surface area contributed by atoms with Gasteiger partial charge in [0, 0.05) is 11.1 Å². The molecule has 29 heavy (non-hydrogen) atoms. The number of rotatable bonds is 5. The molecule has 0 N–H and O–H groups in total. The van der Waals surface area contributed by atoms with Crippen molar-refractivity contribution in [3.8, 4) is 5.69 Å². The largest absolute Gasteiger partial charge is 0.221 e. The van der Waals surface area contributed by atoms with E-state index in [1.165, 1.54) is 0 Å². The first kappa shape index (κ1) is 18.8. The second-order valence-corrected chi connectivity index (χ2v) is 6.82. The molecule has 1 heterocycles. The average Bonchev–Trinajstić information content (AvgIpc) is 3.07. The maximum atomic E-state index is 6.57. The molecule has 4 rings (SSSR count). The van der Waals surface area contributed by atoms with Crippen LogP contribution >= 0.6 is 11.6 Å². The first-order valence-electron chi connectivity index (χ1n) is 9.26. The summed E-state index contributed by atoms with van der Waals surface area (Å²) in [5.74, 6) is 0. The lowest BCUT2D eigenvalue weighted by Gasteiger charge is -2.05. The van der Waals surface area contributed by atoms with E-state index in [1.54, 1.807) is 10.9 Å². The van der Waals surface area contributed by atoms with Crippen molar-refractivity contribution in [3.63, 3.8) is 0 Å². The molecule has 4 nitrogen and oxygen atoms in total. The highest BCUT2D eigenvalue weighted by Crippen LogP contribution is 2.22. The number of hydrogen-bond acceptors (Lipinski definition) is 3. The van der Waals surface area contributed by atoms with Gasteiger partial charge in [-0.05, 0) is 19.1 Å². The summed E-state index contributed by atoms with van der Waals surface area (Å²) < 4.78 is 1.71. The van der Waals surface area contributed by atoms with Crippen molar-refractivity contribution in [1.29, 1.82) is 0 Å². The SMILES string of the molecule is Cc1nn(-c2ccccc2)c(Cl)c1/C=N\N=C(c1ccccc1)c1ccccc1. The van der Waals surface area contributed by atoms with Gasteiger partial charge in [-0.3, -0.25) is 0 Å². The molecule has 0 saturated heterocycles. The van der Waals surface area contributed by atoms with E-state index < -0.39 is 0 Å². The molecule has 4 aromatic rings. The van der Waals surface area contributed by atoms with Crippen LogP contribution in [0.25, 0.3) is 5.69 Å². The lowest BCUT2D eigenvalue weighted by molar-refractivity contribution is 0.863. The second kappa shape index (κ2) is 8.67. The molecule has 0 aliphatic rings. The average molecular weight is 399 g/mol. The van der Waals surface area contributed by atoms with Gasteiger partial charge in [0.15, 0.2) is 0 Å². The van der Waals surface area contributed by atoms with E-state index in [2.05, 4.69) is 15.3 Å². The summed E-state index contributed by atoms with van der Waals surface area (Å²) in [7, 11) is 0. The summed E-state index contributed by atoms with van der Waals surface area (Å²) >= 11 is 6.57. The van der Waals surface area contributed by atoms with Crippen LogP contribution in [0.15, 0.2) is 101 Å². The van der Waals surface area contributed by atoms with Crippen molar-refractivity contribution in [3.05, 3.63) is 119 Å². The maximum absolute atomic E-state index is 6.57. The number of benzene rings is 3. The molecular formula is C24H19ClN4. The van der Waals surface area contributed by atoms with Crippen molar-refractivity contribution >= 4 is 23.5 Å². The normalized spacial score (nSPS) is 11.0. The standard InChI is InChI=1S/C24H19ClN4/c1-18-22(24(25)29(28-18)21-15-9-4-10-16-21)17-26-27-23(19-11-5-2-6-12-19)20-13-7-3-8-14-20/h2-17H,1H3/b26-17-. The number of aryl methyl sites for hydroxylation is 1. The van der Waals surface area contributed by atoms with Crippen LogP contribution < -0.4 is 0 Å². The zero-order chi connectivity index (χ0) is 20.1. The summed E-state index contributed by atoms with van der Waals surface area (Å²) in [4.78, 5) is 0. The van der Waals surface area contributed by atoms with Crippen molar-refractivity contribution in [2.24, 2.45) is 10.2 Å². The zero-order valence-electron chi connectivity index (χ0n) is 15.9. The second-order valence-electron chi connectivity index (χ2n) is 6.46. The minimum absolute atomic E-state index is 0.508. The first-order chi connectivity index (χ1) is 14.2. The molecule has 0 fully saturated rings. The van der Waals surface area contributed by atoms with Gasteiger partial charge in [0.05, 0.1) is 23.2 Å². The maximum Gasteiger partial charge on any atom is 0.142 e. The Balaban J connectivity index is 1.71. The fraction of sp³-hybridized carbons (Fsp3) is 0.0417. The van der Waals surface area contributed by atoms with Crippen LogP contribution in [-0.4, -0.2) is 21.7 Å². The van der Waals surface area contributed by atoms with Gasteiger partial charge in [0.2, 0.25) is 0 Å². The quantitative estimate of drug-likeness (QED) is 0.314. The Morgan fingerprint density at radius 3 is 1.90 bits per heavy atom. The molecule has 0 radical (unpaired) electrons. The first-order valence-corrected chi connectivity index (χ1v) is 9.64. The summed E-state index contributed by atoms with van der Waals surface area (Å²) in [5, 5.41) is 13.9. The predicted octanol–water partition coefficient (Wildman–Crippen LogP) is 5.71. The van der Waals surface area contributed by atoms with Gasteiger partial charge in [-0.2, -0.15) is 10.2 Å². The molecule has 0 atom stereocenters. The smallest absolute Gasteiger partial charge is 0.142 e. The van der Waals surface area contributed by atoms with Crippen molar-refractivity contribution in [2.45, 2.75) is 6.92 Å². The molecule has 142 valence electrons. The number of hydrogen-bond donors (Lipinski definition) is 0. The van der Waals surface area contributed by atoms with Crippen LogP contribution in [0.5, 0.6) is 0 Å². The molecular weight excluding hydrogens is 380 g/mol. The fourth-order valence-electron chi connectivity index (χ4n) is 3.02. The molecule has 1 aromatic heterocycles. The van der Waals surface area contributed by atoms with Gasteiger partial charge >= 0.3 is 0 Å². The van der Waals surface area contributed by atoms with E-state index in [1.807, 2.05) is 97.9 Å². The zero-order valence-corrected chi connectivity index (χ0v) is 16.7. The van der Waals surface area contributed by atoms with Gasteiger partial charge in [-0.15, -0.1) is 5.10 Å². The highest BCUT2D eigenvalue weighted by atomic mass is 35.5. The van der Waals surface area contributed by atoms with E-state index >= 15 is 0 Å². The summed E-state index contributed by atoms with van der Waals surface area (Å²) in [6.45, 7) is 1.91. The molecule has 3 aromatic carbocycles. The number of aromatic nitrogens is 2. The van der Waals surface area contributed by atoms with Crippen LogP contribution in [0.3, 0.4) is 0 Å². The fourth-order valence-corrected chi connectivity index (χ4v) is 3.34. The Kier molecular flexibility index (Phi) is 5.63. The lowest BCUT2D eigenvalue weighted by atomic mass is 10.0. The molecule has 0 aliphatic heterocycles. The minimum atomic E-state index is 0.508. The Bertz CT molecular complexity index is 1110. The number of nitrogens with zero attached hydrogens (tertiary/aromatic N) is 4. The lowest BCUT2D eigenvalue weighted by Crippen LogP contribution is -2.02. The van der Waals surface area contributed by atoms with E-state index in [0.717, 1.165) is 33.8 Å². The third-order valence-corrected chi connectivity index (χ3v) is 4.85. The number of halogens is 1. The topological polar surface area (TPSA) is 42.5 Å². The van der Waals surface area contributed by atoms with Crippen LogP contribution in [0.2, 0.25) is 5.15 Å². The summed E-state index contributed by atoms with van der Waals surface area (Å²) in [6.07, 6.45) is 1.66. The summed E-state index contributed by atoms with van der Waals surface area (Å²) in [5.41, 5.74) is 5.24. The Morgan fingerprint density at radius 1 is 0.828 bits per heavy atom. The Hall–Kier alpha value is -3.50. The highest BCUT2D eigenvalue weighted by Gasteiger charge is 2.13. The molecule has 0 amide bonds. The van der Waals surface area contributed by atoms with E-state index in [4.69, 9.17) is 11.6 Å². The third-order valence-electron chi connectivity index (χ3n) is 4.49. The van der Waals surface area contributed by atoms with Crippen LogP contribution in [0.1, 0.15) is 22.4 Å². The highest BCUT2D eigenvalue weighted by molar-refractivity contribution is 6.32. The molecule has 0 bridgehead atoms. The van der Waals surface area contributed by atoms with Gasteiger partial charge < -0.3 is 0 Å². The van der Waals surface area contributed by atoms with Crippen molar-refractivity contribution in [2.75, 3.05) is 0 Å². The summed E-state index contributed by atoms with van der Waals surface area (Å²) in [6, 6.07) is 29.8. The third kappa shape index (κ3) is 4.18. The molecule has 5 heteroatoms. The van der Waals surface area contributed by atoms with E-state index in [-0.39, 0.29) is 0 Å². The van der Waals surface area contributed by atoms with Crippen LogP contribution in [-0.2, 0) is 0 Å². The van der Waals surface area contributed by atoms with E-state index in [0.29, 0.717) is 5.15 Å². The minimum Gasteiger partial charge on any atom is -0.221 e. The van der Waals surface area contributed by atoms with Crippen molar-refractivity contribution in [1.82, 2.24) is 9.78 Å². The Labute approximate surface area is 174 Å². The van der Waals surface area contributed by atoms with Crippen molar-refractivity contribution < 1.29 is 0 Å². The van der Waals surface area contributed by atoms with Gasteiger partial charge in [-0.1, -0.05) is 90.5 Å². The van der Waals surface area contributed by atoms with Crippen LogP contribution in [0.4, 0.5) is 0 Å². The van der Waals surface area contributed by atoms with Gasteiger partial charge in [-0.25, -0.2) is 4.68 Å². The monoisotopic (exact) mass is 398 g/mol. The van der Waals surface area contributed by atoms with Gasteiger partial charge in [0.1, 0.15) is 10.9 Å². The Morgan fingerprint density at radius 2 is 1.34 bits per heavy atom. The molecule has 0 aliphatic carbocycles. The van der Waals surface area contributed by atoms with Crippen LogP contribution in [0, 0.1) is 6.92 Å². The molecule has 0 saturated carbocycles. The van der Waals surface area contributed by atoms with Gasteiger partial charge in [0.25, 0.3) is 0 Å². The number of para-hydroxylation sites is 1. The molecule has 0 spiro atoms. The molecule has 0 unspecified atom stereocenters.